The Kier molecular flexibility index (Phi) is 7.68. The van der Waals surface area contributed by atoms with E-state index in [2.05, 4.69) is 10.6 Å². The zero-order chi connectivity index (χ0) is 24.8. The number of hydrogen-bond donors (Lipinski definition) is 2. The molecule has 1 atom stereocenters. The zero-order valence-corrected chi connectivity index (χ0v) is 19.6. The minimum atomic E-state index is -1.12. The van der Waals surface area contributed by atoms with Crippen LogP contribution in [-0.2, 0) is 21.4 Å². The van der Waals surface area contributed by atoms with Gasteiger partial charge in [0.15, 0.2) is 6.10 Å². The number of nitrogens with one attached hydrogen (secondary N) is 2. The minimum Gasteiger partial charge on any atom is -0.452 e. The number of benzene rings is 2. The summed E-state index contributed by atoms with van der Waals surface area (Å²) in [6.45, 7) is 5.03. The average molecular weight is 465 g/mol. The van der Waals surface area contributed by atoms with E-state index in [1.54, 1.807) is 42.9 Å². The molecule has 0 fully saturated rings. The lowest BCUT2D eigenvalue weighted by Gasteiger charge is -2.13. The van der Waals surface area contributed by atoms with Crippen molar-refractivity contribution in [3.63, 3.8) is 0 Å². The quantitative estimate of drug-likeness (QED) is 0.498. The summed E-state index contributed by atoms with van der Waals surface area (Å²) in [6, 6.07) is 16.2. The third-order valence-electron chi connectivity index (χ3n) is 5.48. The second-order valence-electron chi connectivity index (χ2n) is 7.88. The molecule has 0 bridgehead atoms. The molecule has 3 aromatic rings. The van der Waals surface area contributed by atoms with Gasteiger partial charge in [-0.3, -0.25) is 23.9 Å². The molecule has 2 aromatic carbocycles. The van der Waals surface area contributed by atoms with Crippen molar-refractivity contribution in [2.75, 3.05) is 11.9 Å². The summed E-state index contributed by atoms with van der Waals surface area (Å²) in [5.41, 5.74) is 2.30. The van der Waals surface area contributed by atoms with E-state index >= 15 is 0 Å². The summed E-state index contributed by atoms with van der Waals surface area (Å²) < 4.78 is 8.26. The van der Waals surface area contributed by atoms with E-state index in [-0.39, 0.29) is 24.6 Å². The Bertz CT molecular complexity index is 1260. The average Bonchev–Trinajstić information content (AvgIpc) is 3.02. The third kappa shape index (κ3) is 5.43. The smallest absolute Gasteiger partial charge is 0.308 e. The summed E-state index contributed by atoms with van der Waals surface area (Å²) in [4.78, 5) is 49.9. The van der Waals surface area contributed by atoms with Crippen LogP contribution >= 0.6 is 0 Å². The molecule has 9 nitrogen and oxygen atoms in total. The van der Waals surface area contributed by atoms with Crippen molar-refractivity contribution in [3.8, 4) is 5.69 Å². The van der Waals surface area contributed by atoms with Gasteiger partial charge in [0, 0.05) is 19.2 Å². The first-order valence-corrected chi connectivity index (χ1v) is 10.9. The molecule has 9 heteroatoms. The normalized spacial score (nSPS) is 11.5. The second kappa shape index (κ2) is 10.7. The SMILES string of the molecule is Cc1ccccc1C(=O)NCCC(=O)OC(C)C(=O)Nc1c(C)n(C)n(-c2ccccc2)c1=O. The summed E-state index contributed by atoms with van der Waals surface area (Å²) in [5.74, 6) is -1.55. The number of rotatable bonds is 8. The Morgan fingerprint density at radius 3 is 2.32 bits per heavy atom. The molecule has 1 unspecified atom stereocenters. The Balaban J connectivity index is 1.56. The highest BCUT2D eigenvalue weighted by Gasteiger charge is 2.23. The maximum atomic E-state index is 12.9. The fourth-order valence-electron chi connectivity index (χ4n) is 3.45. The van der Waals surface area contributed by atoms with Gasteiger partial charge >= 0.3 is 5.97 Å². The van der Waals surface area contributed by atoms with Crippen LogP contribution in [0.5, 0.6) is 0 Å². The molecule has 0 saturated heterocycles. The van der Waals surface area contributed by atoms with Crippen LogP contribution in [-0.4, -0.2) is 39.8 Å². The summed E-state index contributed by atoms with van der Waals surface area (Å²) in [5, 5.41) is 5.24. The fourth-order valence-corrected chi connectivity index (χ4v) is 3.45. The van der Waals surface area contributed by atoms with Gasteiger partial charge in [-0.25, -0.2) is 4.68 Å². The molecule has 2 N–H and O–H groups in total. The number of nitrogens with zero attached hydrogens (tertiary/aromatic N) is 2. The van der Waals surface area contributed by atoms with Gasteiger partial charge in [-0.2, -0.15) is 0 Å². The van der Waals surface area contributed by atoms with Crippen molar-refractivity contribution in [1.82, 2.24) is 14.7 Å². The highest BCUT2D eigenvalue weighted by Crippen LogP contribution is 2.14. The van der Waals surface area contributed by atoms with Crippen LogP contribution in [0.3, 0.4) is 0 Å². The Morgan fingerprint density at radius 2 is 1.65 bits per heavy atom. The molecule has 34 heavy (non-hydrogen) atoms. The van der Waals surface area contributed by atoms with Gasteiger partial charge in [0.2, 0.25) is 0 Å². The van der Waals surface area contributed by atoms with Crippen LogP contribution in [0.1, 0.15) is 35.0 Å². The molecule has 3 rings (SSSR count). The summed E-state index contributed by atoms with van der Waals surface area (Å²) in [7, 11) is 1.72. The molecule has 0 aliphatic rings. The first-order chi connectivity index (χ1) is 16.2. The molecule has 178 valence electrons. The highest BCUT2D eigenvalue weighted by atomic mass is 16.5. The van der Waals surface area contributed by atoms with E-state index in [0.29, 0.717) is 16.9 Å². The molecular formula is C25H28N4O5. The number of para-hydroxylation sites is 1. The zero-order valence-electron chi connectivity index (χ0n) is 19.6. The van der Waals surface area contributed by atoms with Crippen LogP contribution in [0.25, 0.3) is 5.69 Å². The van der Waals surface area contributed by atoms with E-state index in [0.717, 1.165) is 5.56 Å². The van der Waals surface area contributed by atoms with E-state index in [9.17, 15) is 19.2 Å². The Labute approximate surface area is 197 Å². The lowest BCUT2D eigenvalue weighted by Crippen LogP contribution is -2.33. The largest absolute Gasteiger partial charge is 0.452 e. The monoisotopic (exact) mass is 464 g/mol. The highest BCUT2D eigenvalue weighted by molar-refractivity contribution is 5.96. The number of amides is 2. The first-order valence-electron chi connectivity index (χ1n) is 10.9. The first kappa shape index (κ1) is 24.5. The fraction of sp³-hybridized carbons (Fsp3) is 0.280. The lowest BCUT2D eigenvalue weighted by atomic mass is 10.1. The predicted octanol–water partition coefficient (Wildman–Crippen LogP) is 2.48. The van der Waals surface area contributed by atoms with Gasteiger partial charge in [-0.05, 0) is 44.5 Å². The van der Waals surface area contributed by atoms with E-state index in [1.165, 1.54) is 11.6 Å². The van der Waals surface area contributed by atoms with Crippen LogP contribution < -0.4 is 16.2 Å². The maximum Gasteiger partial charge on any atom is 0.308 e. The number of carbonyl (C=O) groups is 3. The topological polar surface area (TPSA) is 111 Å². The van der Waals surface area contributed by atoms with Crippen LogP contribution in [0.4, 0.5) is 5.69 Å². The molecule has 0 radical (unpaired) electrons. The van der Waals surface area contributed by atoms with Crippen molar-refractivity contribution < 1.29 is 19.1 Å². The van der Waals surface area contributed by atoms with Gasteiger partial charge < -0.3 is 15.4 Å². The van der Waals surface area contributed by atoms with Gasteiger partial charge in [-0.1, -0.05) is 36.4 Å². The standard InChI is InChI=1S/C25H28N4O5/c1-16-10-8-9-13-20(16)24(32)26-15-14-21(30)34-18(3)23(31)27-22-17(2)28(4)29(25(22)33)19-11-6-5-7-12-19/h5-13,18H,14-15H2,1-4H3,(H,26,32)(H,27,31). The van der Waals surface area contributed by atoms with Gasteiger partial charge in [-0.15, -0.1) is 0 Å². The molecule has 0 aliphatic carbocycles. The van der Waals surface area contributed by atoms with Crippen molar-refractivity contribution in [2.45, 2.75) is 33.3 Å². The minimum absolute atomic E-state index is 0.0694. The van der Waals surface area contributed by atoms with Gasteiger partial charge in [0.25, 0.3) is 17.4 Å². The lowest BCUT2D eigenvalue weighted by molar-refractivity contribution is -0.153. The van der Waals surface area contributed by atoms with Gasteiger partial charge in [0.1, 0.15) is 5.69 Å². The van der Waals surface area contributed by atoms with E-state index in [4.69, 9.17) is 4.74 Å². The summed E-state index contributed by atoms with van der Waals surface area (Å²) >= 11 is 0. The van der Waals surface area contributed by atoms with E-state index < -0.39 is 23.5 Å². The number of esters is 1. The number of carbonyl (C=O) groups excluding carboxylic acids is 3. The predicted molar refractivity (Wildman–Crippen MR) is 128 cm³/mol. The van der Waals surface area contributed by atoms with E-state index in [1.807, 2.05) is 37.3 Å². The molecule has 0 spiro atoms. The molecule has 2 amide bonds. The number of aromatic nitrogens is 2. The molecule has 0 aliphatic heterocycles. The molecule has 1 aromatic heterocycles. The summed E-state index contributed by atoms with van der Waals surface area (Å²) in [6.07, 6.45) is -1.22. The molecular weight excluding hydrogens is 436 g/mol. The number of ether oxygens (including phenoxy) is 1. The van der Waals surface area contributed by atoms with Crippen LogP contribution in [0.15, 0.2) is 59.4 Å². The van der Waals surface area contributed by atoms with Crippen molar-refractivity contribution in [1.29, 1.82) is 0 Å². The second-order valence-corrected chi connectivity index (χ2v) is 7.88. The maximum absolute atomic E-state index is 12.9. The Morgan fingerprint density at radius 1 is 1.00 bits per heavy atom. The molecule has 1 heterocycles. The van der Waals surface area contributed by atoms with Crippen molar-refractivity contribution >= 4 is 23.5 Å². The van der Waals surface area contributed by atoms with Crippen molar-refractivity contribution in [2.24, 2.45) is 7.05 Å². The number of aryl methyl sites for hydroxylation is 1. The third-order valence-corrected chi connectivity index (χ3v) is 5.48. The number of hydrogen-bond acceptors (Lipinski definition) is 5. The van der Waals surface area contributed by atoms with Crippen molar-refractivity contribution in [3.05, 3.63) is 81.8 Å². The van der Waals surface area contributed by atoms with Crippen LogP contribution in [0, 0.1) is 13.8 Å². The number of anilines is 1. The Hall–Kier alpha value is -4.14. The molecule has 0 saturated carbocycles. The van der Waals surface area contributed by atoms with Gasteiger partial charge in [0.05, 0.1) is 17.8 Å². The van der Waals surface area contributed by atoms with Crippen LogP contribution in [0.2, 0.25) is 0 Å².